The quantitative estimate of drug-likeness (QED) is 0.870. The van der Waals surface area contributed by atoms with Crippen molar-refractivity contribution in [3.63, 3.8) is 0 Å². The number of likely N-dealkylation sites (tertiary alicyclic amines) is 1. The number of hydrogen-bond donors (Lipinski definition) is 1. The molecule has 1 fully saturated rings. The van der Waals surface area contributed by atoms with Crippen LogP contribution in [0.25, 0.3) is 0 Å². The molecule has 1 N–H and O–H groups in total. The molecular formula is C12H18N2OS. The minimum atomic E-state index is 0.269. The number of hydrogen-bond acceptors (Lipinski definition) is 3. The molecule has 0 saturated carbocycles. The summed E-state index contributed by atoms with van der Waals surface area (Å²) in [6.45, 7) is 3.91. The standard InChI is InChI=1S/C12H18N2OS/c1-9-5-6-16-11(9)7-13-10-3-4-12(15)14(2)8-10/h5-6,10,13H,3-4,7-8H2,1-2H3. The van der Waals surface area contributed by atoms with E-state index in [1.54, 1.807) is 11.3 Å². The molecule has 3 nitrogen and oxygen atoms in total. The SMILES string of the molecule is Cc1ccsc1CNC1CCC(=O)N(C)C1. The lowest BCUT2D eigenvalue weighted by molar-refractivity contribution is -0.132. The van der Waals surface area contributed by atoms with E-state index in [1.165, 1.54) is 10.4 Å². The monoisotopic (exact) mass is 238 g/mol. The molecule has 16 heavy (non-hydrogen) atoms. The van der Waals surface area contributed by atoms with Gasteiger partial charge in [0, 0.05) is 37.5 Å². The maximum atomic E-state index is 11.3. The first kappa shape index (κ1) is 11.6. The van der Waals surface area contributed by atoms with Crippen molar-refractivity contribution < 1.29 is 4.79 Å². The molecule has 1 amide bonds. The van der Waals surface area contributed by atoms with E-state index in [4.69, 9.17) is 0 Å². The summed E-state index contributed by atoms with van der Waals surface area (Å²) in [4.78, 5) is 14.6. The molecule has 0 aliphatic carbocycles. The smallest absolute Gasteiger partial charge is 0.222 e. The lowest BCUT2D eigenvalue weighted by Crippen LogP contribution is -2.46. The molecule has 1 aromatic rings. The highest BCUT2D eigenvalue weighted by atomic mass is 32.1. The van der Waals surface area contributed by atoms with Gasteiger partial charge in [0.05, 0.1) is 0 Å². The van der Waals surface area contributed by atoms with Crippen LogP contribution in [-0.4, -0.2) is 30.4 Å². The molecule has 1 aliphatic heterocycles. The third kappa shape index (κ3) is 2.62. The molecule has 0 bridgehead atoms. The largest absolute Gasteiger partial charge is 0.344 e. The van der Waals surface area contributed by atoms with Crippen LogP contribution in [0.1, 0.15) is 23.3 Å². The van der Waals surface area contributed by atoms with Gasteiger partial charge in [0.2, 0.25) is 5.91 Å². The molecule has 1 aliphatic rings. The van der Waals surface area contributed by atoms with E-state index < -0.39 is 0 Å². The highest BCUT2D eigenvalue weighted by Crippen LogP contribution is 2.16. The van der Waals surface area contributed by atoms with E-state index in [-0.39, 0.29) is 5.91 Å². The highest BCUT2D eigenvalue weighted by Gasteiger charge is 2.22. The normalized spacial score (nSPS) is 21.5. The van der Waals surface area contributed by atoms with Crippen molar-refractivity contribution >= 4 is 17.2 Å². The van der Waals surface area contributed by atoms with Crippen molar-refractivity contribution in [1.82, 2.24) is 10.2 Å². The minimum absolute atomic E-state index is 0.269. The Kier molecular flexibility index (Phi) is 3.61. The Bertz CT molecular complexity index is 375. The van der Waals surface area contributed by atoms with Crippen LogP contribution in [0.4, 0.5) is 0 Å². The van der Waals surface area contributed by atoms with Gasteiger partial charge in [-0.3, -0.25) is 4.79 Å². The Morgan fingerprint density at radius 1 is 1.62 bits per heavy atom. The summed E-state index contributed by atoms with van der Waals surface area (Å²) in [5, 5.41) is 5.66. The minimum Gasteiger partial charge on any atom is -0.344 e. The average Bonchev–Trinajstić information content (AvgIpc) is 2.66. The van der Waals surface area contributed by atoms with E-state index in [9.17, 15) is 4.79 Å². The van der Waals surface area contributed by atoms with E-state index in [1.807, 2.05) is 11.9 Å². The zero-order valence-corrected chi connectivity index (χ0v) is 10.6. The fraction of sp³-hybridized carbons (Fsp3) is 0.583. The Morgan fingerprint density at radius 3 is 3.06 bits per heavy atom. The second-order valence-electron chi connectivity index (χ2n) is 4.42. The fourth-order valence-electron chi connectivity index (χ4n) is 2.00. The topological polar surface area (TPSA) is 32.3 Å². The first-order valence-corrected chi connectivity index (χ1v) is 6.55. The average molecular weight is 238 g/mol. The number of thiophene rings is 1. The van der Waals surface area contributed by atoms with Crippen molar-refractivity contribution in [3.05, 3.63) is 21.9 Å². The van der Waals surface area contributed by atoms with Crippen LogP contribution in [0.15, 0.2) is 11.4 Å². The third-order valence-corrected chi connectivity index (χ3v) is 4.17. The van der Waals surface area contributed by atoms with Gasteiger partial charge >= 0.3 is 0 Å². The second kappa shape index (κ2) is 4.97. The van der Waals surface area contributed by atoms with Crippen molar-refractivity contribution in [2.75, 3.05) is 13.6 Å². The van der Waals surface area contributed by atoms with E-state index in [0.717, 1.165) is 19.5 Å². The van der Waals surface area contributed by atoms with Crippen LogP contribution in [0.5, 0.6) is 0 Å². The summed E-state index contributed by atoms with van der Waals surface area (Å²) in [5.41, 5.74) is 1.36. The van der Waals surface area contributed by atoms with Gasteiger partial charge in [-0.25, -0.2) is 0 Å². The molecular weight excluding hydrogens is 220 g/mol. The predicted molar refractivity (Wildman–Crippen MR) is 66.6 cm³/mol. The van der Waals surface area contributed by atoms with Crippen molar-refractivity contribution in [1.29, 1.82) is 0 Å². The van der Waals surface area contributed by atoms with Crippen molar-refractivity contribution in [2.45, 2.75) is 32.4 Å². The molecule has 4 heteroatoms. The number of amides is 1. The Hall–Kier alpha value is -0.870. The maximum Gasteiger partial charge on any atom is 0.222 e. The summed E-state index contributed by atoms with van der Waals surface area (Å²) in [5.74, 6) is 0.269. The first-order chi connectivity index (χ1) is 7.66. The van der Waals surface area contributed by atoms with Crippen LogP contribution >= 0.6 is 11.3 Å². The number of likely N-dealkylation sites (N-methyl/N-ethyl adjacent to an activating group) is 1. The molecule has 1 saturated heterocycles. The van der Waals surface area contributed by atoms with Crippen molar-refractivity contribution in [2.24, 2.45) is 0 Å². The van der Waals surface area contributed by atoms with Gasteiger partial charge in [0.1, 0.15) is 0 Å². The van der Waals surface area contributed by atoms with Crippen LogP contribution < -0.4 is 5.32 Å². The van der Waals surface area contributed by atoms with Gasteiger partial charge in [0.15, 0.2) is 0 Å². The molecule has 2 rings (SSSR count). The van der Waals surface area contributed by atoms with Crippen LogP contribution in [0.3, 0.4) is 0 Å². The number of carbonyl (C=O) groups excluding carboxylic acids is 1. The fourth-order valence-corrected chi connectivity index (χ4v) is 2.86. The number of carbonyl (C=O) groups is 1. The maximum absolute atomic E-state index is 11.3. The van der Waals surface area contributed by atoms with Crippen molar-refractivity contribution in [3.8, 4) is 0 Å². The Balaban J connectivity index is 1.83. The number of nitrogens with one attached hydrogen (secondary N) is 1. The molecule has 1 aromatic heterocycles. The number of rotatable bonds is 3. The van der Waals surface area contributed by atoms with Gasteiger partial charge < -0.3 is 10.2 Å². The zero-order valence-electron chi connectivity index (χ0n) is 9.82. The van der Waals surface area contributed by atoms with E-state index >= 15 is 0 Å². The molecule has 0 aromatic carbocycles. The first-order valence-electron chi connectivity index (χ1n) is 5.67. The Labute approximate surface area is 100 Å². The van der Waals surface area contributed by atoms with E-state index in [0.29, 0.717) is 12.5 Å². The summed E-state index contributed by atoms with van der Waals surface area (Å²) in [6, 6.07) is 2.60. The summed E-state index contributed by atoms with van der Waals surface area (Å²) in [6.07, 6.45) is 1.64. The molecule has 2 heterocycles. The summed E-state index contributed by atoms with van der Waals surface area (Å²) in [7, 11) is 1.88. The van der Waals surface area contributed by atoms with Crippen LogP contribution in [0, 0.1) is 6.92 Å². The van der Waals surface area contributed by atoms with E-state index in [2.05, 4.69) is 23.7 Å². The molecule has 0 radical (unpaired) electrons. The van der Waals surface area contributed by atoms with Gasteiger partial charge in [-0.15, -0.1) is 11.3 Å². The number of aryl methyl sites for hydroxylation is 1. The summed E-state index contributed by atoms with van der Waals surface area (Å²) < 4.78 is 0. The van der Waals surface area contributed by atoms with Crippen LogP contribution in [-0.2, 0) is 11.3 Å². The molecule has 0 spiro atoms. The molecule has 88 valence electrons. The lowest BCUT2D eigenvalue weighted by Gasteiger charge is -2.30. The van der Waals surface area contributed by atoms with Crippen LogP contribution in [0.2, 0.25) is 0 Å². The Morgan fingerprint density at radius 2 is 2.44 bits per heavy atom. The predicted octanol–water partition coefficient (Wildman–Crippen LogP) is 1.77. The summed E-state index contributed by atoms with van der Waals surface area (Å²) >= 11 is 1.80. The molecule has 1 atom stereocenters. The molecule has 1 unspecified atom stereocenters. The van der Waals surface area contributed by atoms with Gasteiger partial charge in [0.25, 0.3) is 0 Å². The number of nitrogens with zero attached hydrogens (tertiary/aromatic N) is 1. The third-order valence-electron chi connectivity index (χ3n) is 3.15. The second-order valence-corrected chi connectivity index (χ2v) is 5.42. The zero-order chi connectivity index (χ0) is 11.5. The van der Waals surface area contributed by atoms with Gasteiger partial charge in [-0.05, 0) is 30.4 Å². The van der Waals surface area contributed by atoms with Gasteiger partial charge in [-0.1, -0.05) is 0 Å². The number of piperidine rings is 1. The highest BCUT2D eigenvalue weighted by molar-refractivity contribution is 7.10. The lowest BCUT2D eigenvalue weighted by atomic mass is 10.1. The van der Waals surface area contributed by atoms with Gasteiger partial charge in [-0.2, -0.15) is 0 Å².